The fraction of sp³-hybridized carbons (Fsp3) is 1.00. The third-order valence-electron chi connectivity index (χ3n) is 5.38. The molecule has 0 aromatic carbocycles. The van der Waals surface area contributed by atoms with Gasteiger partial charge >= 0.3 is 0 Å². The fourth-order valence-corrected chi connectivity index (χ4v) is 5.16. The van der Waals surface area contributed by atoms with Crippen LogP contribution >= 0.6 is 0 Å². The van der Waals surface area contributed by atoms with Crippen LogP contribution in [0.25, 0.3) is 0 Å². The summed E-state index contributed by atoms with van der Waals surface area (Å²) in [7, 11) is 0. The van der Waals surface area contributed by atoms with Crippen molar-refractivity contribution < 1.29 is 0 Å². The van der Waals surface area contributed by atoms with Crippen molar-refractivity contribution >= 4 is 0 Å². The molecule has 1 saturated carbocycles. The summed E-state index contributed by atoms with van der Waals surface area (Å²) < 4.78 is 0. The third-order valence-corrected chi connectivity index (χ3v) is 5.38. The van der Waals surface area contributed by atoms with Crippen LogP contribution in [-0.4, -0.2) is 24.7 Å². The highest BCUT2D eigenvalue weighted by Gasteiger charge is 2.38. The molecular formula is C19H38N2. The lowest BCUT2D eigenvalue weighted by Crippen LogP contribution is -2.48. The molecule has 0 aromatic rings. The second-order valence-corrected chi connectivity index (χ2v) is 9.41. The van der Waals surface area contributed by atoms with Gasteiger partial charge in [0, 0.05) is 18.1 Å². The SMILES string of the molecule is CC(CC1CCCCCN1)NC1CC(C)(C)CC(C)(C)C1. The van der Waals surface area contributed by atoms with Gasteiger partial charge in [-0.1, -0.05) is 40.5 Å². The molecule has 1 aliphatic carbocycles. The van der Waals surface area contributed by atoms with Crippen molar-refractivity contribution in [3.63, 3.8) is 0 Å². The zero-order valence-corrected chi connectivity index (χ0v) is 15.1. The van der Waals surface area contributed by atoms with E-state index in [0.29, 0.717) is 22.9 Å². The first-order valence-electron chi connectivity index (χ1n) is 9.25. The topological polar surface area (TPSA) is 24.1 Å². The molecule has 2 heteroatoms. The lowest BCUT2D eigenvalue weighted by Gasteiger charge is -2.46. The minimum absolute atomic E-state index is 0.486. The number of rotatable bonds is 4. The lowest BCUT2D eigenvalue weighted by atomic mass is 9.63. The molecule has 0 aromatic heterocycles. The summed E-state index contributed by atoms with van der Waals surface area (Å²) in [5.41, 5.74) is 0.972. The van der Waals surface area contributed by atoms with E-state index in [0.717, 1.165) is 6.04 Å². The highest BCUT2D eigenvalue weighted by atomic mass is 15.0. The van der Waals surface area contributed by atoms with Crippen LogP contribution in [0, 0.1) is 10.8 Å². The molecule has 2 atom stereocenters. The summed E-state index contributed by atoms with van der Waals surface area (Å²) in [6.07, 6.45) is 10.9. The average molecular weight is 295 g/mol. The molecule has 2 rings (SSSR count). The van der Waals surface area contributed by atoms with Gasteiger partial charge in [0.2, 0.25) is 0 Å². The quantitative estimate of drug-likeness (QED) is 0.798. The van der Waals surface area contributed by atoms with Crippen LogP contribution < -0.4 is 10.6 Å². The Hall–Kier alpha value is -0.0800. The first-order valence-corrected chi connectivity index (χ1v) is 9.25. The maximum atomic E-state index is 3.96. The fourth-order valence-electron chi connectivity index (χ4n) is 5.16. The van der Waals surface area contributed by atoms with Gasteiger partial charge in [-0.3, -0.25) is 0 Å². The van der Waals surface area contributed by atoms with Crippen LogP contribution in [0.3, 0.4) is 0 Å². The van der Waals surface area contributed by atoms with E-state index in [1.54, 1.807) is 0 Å². The molecule has 2 N–H and O–H groups in total. The largest absolute Gasteiger partial charge is 0.314 e. The van der Waals surface area contributed by atoms with E-state index < -0.39 is 0 Å². The van der Waals surface area contributed by atoms with Gasteiger partial charge < -0.3 is 10.6 Å². The molecule has 2 unspecified atom stereocenters. The van der Waals surface area contributed by atoms with E-state index in [4.69, 9.17) is 0 Å². The van der Waals surface area contributed by atoms with Gasteiger partial charge in [-0.25, -0.2) is 0 Å². The number of hydrogen-bond donors (Lipinski definition) is 2. The molecule has 1 heterocycles. The van der Waals surface area contributed by atoms with Crippen molar-refractivity contribution in [1.29, 1.82) is 0 Å². The first-order chi connectivity index (χ1) is 9.76. The van der Waals surface area contributed by atoms with Crippen LogP contribution in [-0.2, 0) is 0 Å². The van der Waals surface area contributed by atoms with E-state index in [1.807, 2.05) is 0 Å². The van der Waals surface area contributed by atoms with E-state index in [1.165, 1.54) is 57.9 Å². The maximum Gasteiger partial charge on any atom is 0.00817 e. The zero-order valence-electron chi connectivity index (χ0n) is 15.1. The second-order valence-electron chi connectivity index (χ2n) is 9.41. The van der Waals surface area contributed by atoms with Crippen molar-refractivity contribution in [3.05, 3.63) is 0 Å². The molecule has 2 nitrogen and oxygen atoms in total. The van der Waals surface area contributed by atoms with Crippen molar-refractivity contribution in [2.75, 3.05) is 6.54 Å². The van der Waals surface area contributed by atoms with E-state index >= 15 is 0 Å². The zero-order chi connectivity index (χ0) is 15.5. The van der Waals surface area contributed by atoms with Crippen LogP contribution in [0.15, 0.2) is 0 Å². The number of nitrogens with one attached hydrogen (secondary N) is 2. The van der Waals surface area contributed by atoms with E-state index in [-0.39, 0.29) is 0 Å². The van der Waals surface area contributed by atoms with Gasteiger partial charge in [0.1, 0.15) is 0 Å². The average Bonchev–Trinajstić information content (AvgIpc) is 2.52. The third kappa shape index (κ3) is 5.90. The Morgan fingerprint density at radius 2 is 1.71 bits per heavy atom. The molecule has 124 valence electrons. The predicted octanol–water partition coefficient (Wildman–Crippen LogP) is 4.49. The molecule has 0 bridgehead atoms. The van der Waals surface area contributed by atoms with Gasteiger partial charge in [0.05, 0.1) is 0 Å². The summed E-state index contributed by atoms with van der Waals surface area (Å²) in [5, 5.41) is 7.70. The van der Waals surface area contributed by atoms with Crippen molar-refractivity contribution in [2.24, 2.45) is 10.8 Å². The second kappa shape index (κ2) is 7.00. The molecule has 21 heavy (non-hydrogen) atoms. The summed E-state index contributed by atoms with van der Waals surface area (Å²) in [6.45, 7) is 13.4. The Morgan fingerprint density at radius 3 is 2.38 bits per heavy atom. The molecule has 1 aliphatic heterocycles. The summed E-state index contributed by atoms with van der Waals surface area (Å²) in [4.78, 5) is 0. The monoisotopic (exact) mass is 294 g/mol. The first kappa shape index (κ1) is 17.3. The Bertz CT molecular complexity index is 298. The molecule has 0 amide bonds. The minimum Gasteiger partial charge on any atom is -0.314 e. The summed E-state index contributed by atoms with van der Waals surface area (Å²) >= 11 is 0. The van der Waals surface area contributed by atoms with Crippen molar-refractivity contribution in [2.45, 2.75) is 104 Å². The Kier molecular flexibility index (Phi) is 5.76. The van der Waals surface area contributed by atoms with Gasteiger partial charge in [0.25, 0.3) is 0 Å². The summed E-state index contributed by atoms with van der Waals surface area (Å²) in [5.74, 6) is 0. The van der Waals surface area contributed by atoms with Crippen LogP contribution in [0.4, 0.5) is 0 Å². The van der Waals surface area contributed by atoms with Crippen LogP contribution in [0.2, 0.25) is 0 Å². The van der Waals surface area contributed by atoms with Gasteiger partial charge in [-0.05, 0) is 62.8 Å². The smallest absolute Gasteiger partial charge is 0.00817 e. The van der Waals surface area contributed by atoms with Crippen LogP contribution in [0.5, 0.6) is 0 Å². The molecular weight excluding hydrogens is 256 g/mol. The highest BCUT2D eigenvalue weighted by molar-refractivity contribution is 4.93. The van der Waals surface area contributed by atoms with Gasteiger partial charge in [-0.2, -0.15) is 0 Å². The Balaban J connectivity index is 1.82. The maximum absolute atomic E-state index is 3.96. The van der Waals surface area contributed by atoms with Crippen molar-refractivity contribution in [1.82, 2.24) is 10.6 Å². The lowest BCUT2D eigenvalue weighted by molar-refractivity contribution is 0.0800. The van der Waals surface area contributed by atoms with Crippen LogP contribution in [0.1, 0.15) is 86.0 Å². The number of hydrogen-bond acceptors (Lipinski definition) is 2. The van der Waals surface area contributed by atoms with E-state index in [2.05, 4.69) is 45.3 Å². The standard InChI is InChI=1S/C19H38N2/c1-15(11-16-9-7-6-8-10-20-16)21-17-12-18(2,3)14-19(4,5)13-17/h15-17,20-21H,6-14H2,1-5H3. The molecule has 2 fully saturated rings. The van der Waals surface area contributed by atoms with E-state index in [9.17, 15) is 0 Å². The summed E-state index contributed by atoms with van der Waals surface area (Å²) in [6, 6.07) is 2.07. The predicted molar refractivity (Wildman–Crippen MR) is 92.7 cm³/mol. The normalized spacial score (nSPS) is 31.6. The molecule has 0 spiro atoms. The van der Waals surface area contributed by atoms with Gasteiger partial charge in [-0.15, -0.1) is 0 Å². The molecule has 1 saturated heterocycles. The Labute approximate surface area is 132 Å². The Morgan fingerprint density at radius 1 is 1.05 bits per heavy atom. The highest BCUT2D eigenvalue weighted by Crippen LogP contribution is 2.45. The molecule has 2 aliphatic rings. The molecule has 0 radical (unpaired) electrons. The van der Waals surface area contributed by atoms with Gasteiger partial charge in [0.15, 0.2) is 0 Å². The minimum atomic E-state index is 0.486. The van der Waals surface area contributed by atoms with Crippen molar-refractivity contribution in [3.8, 4) is 0 Å².